The molecule has 11 heteroatoms. The second-order valence-corrected chi connectivity index (χ2v) is 4.41. The number of carbonyl (C=O) groups excluding carboxylic acids is 1. The Labute approximate surface area is 134 Å². The Morgan fingerprint density at radius 1 is 1.33 bits per heavy atom. The average molecular weight is 346 g/mol. The number of hydrogen-bond donors (Lipinski definition) is 1. The highest BCUT2D eigenvalue weighted by atomic mass is 19.4. The molecule has 0 radical (unpaired) electrons. The first kappa shape index (κ1) is 17.7. The molecule has 0 atom stereocenters. The molecular weight excluding hydrogens is 333 g/mol. The van der Waals surface area contributed by atoms with Gasteiger partial charge in [0.25, 0.3) is 0 Å². The summed E-state index contributed by atoms with van der Waals surface area (Å²) in [5.74, 6) is -1.70. The van der Waals surface area contributed by atoms with E-state index in [2.05, 4.69) is 25.0 Å². The van der Waals surface area contributed by atoms with Crippen molar-refractivity contribution in [3.8, 4) is 11.4 Å². The lowest BCUT2D eigenvalue weighted by atomic mass is 10.1. The summed E-state index contributed by atoms with van der Waals surface area (Å²) in [6.45, 7) is -0.0856. The number of hydrogen-bond acceptors (Lipinski definition) is 6. The van der Waals surface area contributed by atoms with Crippen LogP contribution in [0.3, 0.4) is 0 Å². The fraction of sp³-hybridized carbons (Fsp3) is 0.308. The number of aromatic nitrogens is 2. The summed E-state index contributed by atoms with van der Waals surface area (Å²) in [5.41, 5.74) is 2.78. The van der Waals surface area contributed by atoms with E-state index >= 15 is 0 Å². The van der Waals surface area contributed by atoms with Crippen molar-refractivity contribution in [2.75, 3.05) is 14.2 Å². The van der Waals surface area contributed by atoms with Gasteiger partial charge in [-0.05, 0) is 5.56 Å². The van der Waals surface area contributed by atoms with Gasteiger partial charge in [0.1, 0.15) is 0 Å². The lowest BCUT2D eigenvalue weighted by Crippen LogP contribution is -2.38. The number of nitrogens with one attached hydrogen (secondary N) is 1. The van der Waals surface area contributed by atoms with Crippen molar-refractivity contribution < 1.29 is 32.2 Å². The van der Waals surface area contributed by atoms with Gasteiger partial charge < -0.3 is 4.52 Å². The number of amides is 2. The van der Waals surface area contributed by atoms with Gasteiger partial charge in [0, 0.05) is 5.56 Å². The quantitative estimate of drug-likeness (QED) is 0.836. The summed E-state index contributed by atoms with van der Waals surface area (Å²) in [6.07, 6.45) is -4.74. The highest BCUT2D eigenvalue weighted by molar-refractivity contribution is 5.72. The van der Waals surface area contributed by atoms with E-state index in [1.165, 1.54) is 20.3 Å². The lowest BCUT2D eigenvalue weighted by molar-refractivity contribution is -0.159. The van der Waals surface area contributed by atoms with E-state index in [1.54, 1.807) is 18.2 Å². The smallest absolute Gasteiger partial charge is 0.329 e. The number of alkyl halides is 3. The zero-order chi connectivity index (χ0) is 17.7. The normalized spacial score (nSPS) is 11.4. The maximum Gasteiger partial charge on any atom is 0.471 e. The van der Waals surface area contributed by atoms with E-state index in [9.17, 15) is 18.0 Å². The van der Waals surface area contributed by atoms with Gasteiger partial charge >= 0.3 is 18.1 Å². The third kappa shape index (κ3) is 4.00. The van der Waals surface area contributed by atoms with Crippen LogP contribution in [-0.2, 0) is 22.4 Å². The molecule has 0 aliphatic carbocycles. The Hall–Kier alpha value is -2.66. The van der Waals surface area contributed by atoms with Crippen LogP contribution in [0.4, 0.5) is 18.0 Å². The first-order chi connectivity index (χ1) is 11.4. The van der Waals surface area contributed by atoms with Crippen molar-refractivity contribution in [3.63, 3.8) is 0 Å². The Kier molecular flexibility index (Phi) is 5.36. The van der Waals surface area contributed by atoms with E-state index in [1.807, 2.05) is 0 Å². The number of hydroxylamine groups is 3. The Morgan fingerprint density at radius 3 is 2.62 bits per heavy atom. The zero-order valence-electron chi connectivity index (χ0n) is 12.6. The maximum absolute atomic E-state index is 12.6. The number of nitrogens with zero attached hydrogens (tertiary/aromatic N) is 3. The second-order valence-electron chi connectivity index (χ2n) is 4.41. The third-order valence-corrected chi connectivity index (χ3v) is 2.88. The predicted octanol–water partition coefficient (Wildman–Crippen LogP) is 2.39. The molecule has 2 rings (SSSR count). The molecule has 0 unspecified atom stereocenters. The van der Waals surface area contributed by atoms with E-state index in [0.717, 1.165) is 5.06 Å². The highest BCUT2D eigenvalue weighted by Crippen LogP contribution is 2.30. The van der Waals surface area contributed by atoms with E-state index in [4.69, 9.17) is 4.84 Å². The fourth-order valence-corrected chi connectivity index (χ4v) is 1.84. The van der Waals surface area contributed by atoms with Crippen molar-refractivity contribution in [3.05, 3.63) is 35.7 Å². The predicted molar refractivity (Wildman–Crippen MR) is 72.8 cm³/mol. The minimum Gasteiger partial charge on any atom is -0.329 e. The summed E-state index contributed by atoms with van der Waals surface area (Å²) in [7, 11) is 2.51. The van der Waals surface area contributed by atoms with Crippen molar-refractivity contribution in [1.82, 2.24) is 20.7 Å². The SMILES string of the molecule is CONC(=O)N(Cc1ccccc1-c1noc(C(F)(F)F)n1)OC. The van der Waals surface area contributed by atoms with Crippen LogP contribution in [0, 0.1) is 0 Å². The van der Waals surface area contributed by atoms with Crippen LogP contribution in [0.1, 0.15) is 11.5 Å². The molecular formula is C13H13F3N4O4. The topological polar surface area (TPSA) is 89.7 Å². The molecule has 1 aromatic carbocycles. The van der Waals surface area contributed by atoms with Gasteiger partial charge in [-0.3, -0.25) is 9.68 Å². The van der Waals surface area contributed by atoms with Crippen LogP contribution >= 0.6 is 0 Å². The summed E-state index contributed by atoms with van der Waals surface area (Å²) < 4.78 is 42.0. The van der Waals surface area contributed by atoms with Gasteiger partial charge in [0.15, 0.2) is 0 Å². The highest BCUT2D eigenvalue weighted by Gasteiger charge is 2.38. The lowest BCUT2D eigenvalue weighted by Gasteiger charge is -2.20. The number of carbonyl (C=O) groups is 1. The van der Waals surface area contributed by atoms with Gasteiger partial charge in [0.2, 0.25) is 5.82 Å². The van der Waals surface area contributed by atoms with E-state index in [0.29, 0.717) is 5.56 Å². The summed E-state index contributed by atoms with van der Waals surface area (Å²) >= 11 is 0. The van der Waals surface area contributed by atoms with Crippen LogP contribution in [0.25, 0.3) is 11.4 Å². The fourth-order valence-electron chi connectivity index (χ4n) is 1.84. The van der Waals surface area contributed by atoms with Gasteiger partial charge in [-0.2, -0.15) is 23.2 Å². The standard InChI is InChI=1S/C13H13F3N4O4/c1-22-19-12(21)20(23-2)7-8-5-3-4-6-9(8)10-17-11(24-18-10)13(14,15)16/h3-6H,7H2,1-2H3,(H,19,21). The van der Waals surface area contributed by atoms with Crippen molar-refractivity contribution >= 4 is 6.03 Å². The molecule has 8 nitrogen and oxygen atoms in total. The number of urea groups is 1. The molecule has 0 spiro atoms. The minimum absolute atomic E-state index is 0.0856. The molecule has 2 amide bonds. The summed E-state index contributed by atoms with van der Waals surface area (Å²) in [6, 6.07) is 5.63. The summed E-state index contributed by atoms with van der Waals surface area (Å²) in [5, 5.41) is 4.25. The van der Waals surface area contributed by atoms with Gasteiger partial charge in [0.05, 0.1) is 20.8 Å². The van der Waals surface area contributed by atoms with Gasteiger partial charge in [-0.1, -0.05) is 29.4 Å². The average Bonchev–Trinajstić information content (AvgIpc) is 3.03. The molecule has 0 aliphatic rings. The second kappa shape index (κ2) is 7.27. The zero-order valence-corrected chi connectivity index (χ0v) is 12.6. The molecule has 0 saturated heterocycles. The van der Waals surface area contributed by atoms with Crippen molar-refractivity contribution in [2.24, 2.45) is 0 Å². The maximum atomic E-state index is 12.6. The molecule has 1 N–H and O–H groups in total. The summed E-state index contributed by atoms with van der Waals surface area (Å²) in [4.78, 5) is 24.5. The molecule has 1 heterocycles. The molecule has 0 saturated carbocycles. The third-order valence-electron chi connectivity index (χ3n) is 2.88. The Bertz CT molecular complexity index is 705. The van der Waals surface area contributed by atoms with E-state index in [-0.39, 0.29) is 17.9 Å². The number of halogens is 3. The molecule has 2 aromatic rings. The number of benzene rings is 1. The molecule has 0 aliphatic heterocycles. The molecule has 0 fully saturated rings. The van der Waals surface area contributed by atoms with E-state index < -0.39 is 18.1 Å². The molecule has 1 aromatic heterocycles. The molecule has 130 valence electrons. The Morgan fingerprint density at radius 2 is 2.04 bits per heavy atom. The minimum atomic E-state index is -4.74. The van der Waals surface area contributed by atoms with Crippen molar-refractivity contribution in [2.45, 2.75) is 12.7 Å². The van der Waals surface area contributed by atoms with Crippen molar-refractivity contribution in [1.29, 1.82) is 0 Å². The molecule has 0 bridgehead atoms. The molecule has 24 heavy (non-hydrogen) atoms. The van der Waals surface area contributed by atoms with Gasteiger partial charge in [-0.15, -0.1) is 0 Å². The largest absolute Gasteiger partial charge is 0.471 e. The van der Waals surface area contributed by atoms with Crippen LogP contribution in [0.5, 0.6) is 0 Å². The van der Waals surface area contributed by atoms with Crippen LogP contribution in [-0.4, -0.2) is 35.5 Å². The van der Waals surface area contributed by atoms with Crippen LogP contribution in [0.2, 0.25) is 0 Å². The first-order valence-corrected chi connectivity index (χ1v) is 6.50. The number of rotatable bonds is 5. The van der Waals surface area contributed by atoms with Gasteiger partial charge in [-0.25, -0.2) is 10.3 Å². The van der Waals surface area contributed by atoms with Crippen LogP contribution in [0.15, 0.2) is 28.8 Å². The Balaban J connectivity index is 2.30. The van der Waals surface area contributed by atoms with Crippen LogP contribution < -0.4 is 5.48 Å². The first-order valence-electron chi connectivity index (χ1n) is 6.50. The monoisotopic (exact) mass is 346 g/mol.